The minimum absolute atomic E-state index is 0.0172. The van der Waals surface area contributed by atoms with Gasteiger partial charge in [0.15, 0.2) is 11.5 Å². The fraction of sp³-hybridized carbons (Fsp3) is 0.250. The van der Waals surface area contributed by atoms with Crippen molar-refractivity contribution in [3.8, 4) is 17.2 Å². The van der Waals surface area contributed by atoms with Crippen molar-refractivity contribution < 1.29 is 14.6 Å². The van der Waals surface area contributed by atoms with Crippen molar-refractivity contribution in [3.05, 3.63) is 12.1 Å². The normalized spacial score (nSPS) is 9.50. The van der Waals surface area contributed by atoms with E-state index in [4.69, 9.17) is 15.2 Å². The number of ether oxygens (including phenoxy) is 2. The predicted molar refractivity (Wildman–Crippen MR) is 45.6 cm³/mol. The van der Waals surface area contributed by atoms with Crippen molar-refractivity contribution in [1.82, 2.24) is 0 Å². The third-order valence-electron chi connectivity index (χ3n) is 1.53. The highest BCUT2D eigenvalue weighted by molar-refractivity contribution is 5.65. The summed E-state index contributed by atoms with van der Waals surface area (Å²) in [4.78, 5) is 0. The molecule has 0 saturated heterocycles. The van der Waals surface area contributed by atoms with Gasteiger partial charge in [0.1, 0.15) is 0 Å². The third kappa shape index (κ3) is 1.23. The maximum Gasteiger partial charge on any atom is 0.205 e. The van der Waals surface area contributed by atoms with Crippen LogP contribution >= 0.6 is 0 Å². The molecule has 4 heteroatoms. The van der Waals surface area contributed by atoms with Crippen molar-refractivity contribution in [2.75, 3.05) is 20.0 Å². The molecule has 3 N–H and O–H groups in total. The smallest absolute Gasteiger partial charge is 0.205 e. The van der Waals surface area contributed by atoms with Gasteiger partial charge in [0.05, 0.1) is 19.9 Å². The molecule has 66 valence electrons. The lowest BCUT2D eigenvalue weighted by Crippen LogP contribution is -1.95. The van der Waals surface area contributed by atoms with Crippen LogP contribution in [0.4, 0.5) is 5.69 Å². The van der Waals surface area contributed by atoms with Crippen LogP contribution in [0.3, 0.4) is 0 Å². The van der Waals surface area contributed by atoms with E-state index in [-0.39, 0.29) is 11.5 Å². The first kappa shape index (κ1) is 8.52. The number of nitrogens with two attached hydrogens (primary N) is 1. The molecule has 0 saturated carbocycles. The van der Waals surface area contributed by atoms with Crippen molar-refractivity contribution in [2.24, 2.45) is 0 Å². The van der Waals surface area contributed by atoms with E-state index in [0.717, 1.165) is 0 Å². The molecule has 1 rings (SSSR count). The second-order valence-electron chi connectivity index (χ2n) is 2.24. The van der Waals surface area contributed by atoms with Crippen molar-refractivity contribution in [1.29, 1.82) is 0 Å². The van der Waals surface area contributed by atoms with Gasteiger partial charge in [-0.3, -0.25) is 0 Å². The summed E-state index contributed by atoms with van der Waals surface area (Å²) in [6.07, 6.45) is 0. The lowest BCUT2D eigenvalue weighted by atomic mass is 10.2. The summed E-state index contributed by atoms with van der Waals surface area (Å²) in [5.41, 5.74) is 6.00. The maximum absolute atomic E-state index is 9.29. The lowest BCUT2D eigenvalue weighted by Gasteiger charge is -2.10. The molecule has 0 heterocycles. The van der Waals surface area contributed by atoms with Crippen LogP contribution in [0.25, 0.3) is 0 Å². The Labute approximate surface area is 70.5 Å². The van der Waals surface area contributed by atoms with Crippen LogP contribution < -0.4 is 15.2 Å². The van der Waals surface area contributed by atoms with Gasteiger partial charge in [-0.2, -0.15) is 0 Å². The average Bonchev–Trinajstić information content (AvgIpc) is 2.08. The highest BCUT2D eigenvalue weighted by Gasteiger charge is 2.11. The van der Waals surface area contributed by atoms with Gasteiger partial charge in [0.2, 0.25) is 5.75 Å². The quantitative estimate of drug-likeness (QED) is 0.512. The molecule has 0 amide bonds. The maximum atomic E-state index is 9.29. The number of anilines is 1. The van der Waals surface area contributed by atoms with Crippen molar-refractivity contribution in [3.63, 3.8) is 0 Å². The number of phenolic OH excluding ortho intramolecular Hbond substituents is 1. The minimum atomic E-state index is 0.0172. The Hall–Kier alpha value is -1.58. The van der Waals surface area contributed by atoms with E-state index in [1.165, 1.54) is 20.3 Å². The molecular formula is C8H11NO3. The summed E-state index contributed by atoms with van der Waals surface area (Å²) >= 11 is 0. The van der Waals surface area contributed by atoms with Gasteiger partial charge in [-0.25, -0.2) is 0 Å². The van der Waals surface area contributed by atoms with Gasteiger partial charge in [-0.15, -0.1) is 0 Å². The SMILES string of the molecule is COc1c(N)ccc(O)c1OC. The van der Waals surface area contributed by atoms with Gasteiger partial charge in [0.25, 0.3) is 0 Å². The van der Waals surface area contributed by atoms with Crippen LogP contribution in [0, 0.1) is 0 Å². The molecule has 4 nitrogen and oxygen atoms in total. The van der Waals surface area contributed by atoms with Crippen LogP contribution in [0.15, 0.2) is 12.1 Å². The van der Waals surface area contributed by atoms with Crippen LogP contribution in [-0.2, 0) is 0 Å². The summed E-state index contributed by atoms with van der Waals surface area (Å²) in [5.74, 6) is 0.638. The minimum Gasteiger partial charge on any atom is -0.504 e. The first-order chi connectivity index (χ1) is 5.70. The van der Waals surface area contributed by atoms with Crippen molar-refractivity contribution in [2.45, 2.75) is 0 Å². The molecule has 1 aromatic rings. The Bertz CT molecular complexity index is 257. The number of nitrogen functional groups attached to an aromatic ring is 1. The molecule has 0 unspecified atom stereocenters. The summed E-state index contributed by atoms with van der Waals surface area (Å²) in [7, 11) is 2.91. The summed E-state index contributed by atoms with van der Waals surface area (Å²) in [6, 6.07) is 3.01. The summed E-state index contributed by atoms with van der Waals surface area (Å²) in [6.45, 7) is 0. The van der Waals surface area contributed by atoms with E-state index in [9.17, 15) is 5.11 Å². The zero-order valence-corrected chi connectivity index (χ0v) is 7.00. The Morgan fingerprint density at radius 1 is 1.17 bits per heavy atom. The lowest BCUT2D eigenvalue weighted by molar-refractivity contribution is 0.334. The number of hydrogen-bond acceptors (Lipinski definition) is 4. The standard InChI is InChI=1S/C8H11NO3/c1-11-7-5(9)3-4-6(10)8(7)12-2/h3-4,10H,9H2,1-2H3. The van der Waals surface area contributed by atoms with Gasteiger partial charge >= 0.3 is 0 Å². The monoisotopic (exact) mass is 169 g/mol. The predicted octanol–water partition coefficient (Wildman–Crippen LogP) is 0.992. The van der Waals surface area contributed by atoms with E-state index < -0.39 is 0 Å². The van der Waals surface area contributed by atoms with Crippen LogP contribution in [0.1, 0.15) is 0 Å². The molecule has 0 bridgehead atoms. The first-order valence-corrected chi connectivity index (χ1v) is 3.40. The average molecular weight is 169 g/mol. The molecule has 1 aromatic carbocycles. The van der Waals surface area contributed by atoms with E-state index in [2.05, 4.69) is 0 Å². The topological polar surface area (TPSA) is 64.7 Å². The number of rotatable bonds is 2. The fourth-order valence-corrected chi connectivity index (χ4v) is 0.975. The van der Waals surface area contributed by atoms with E-state index in [1.807, 2.05) is 0 Å². The summed E-state index contributed by atoms with van der Waals surface area (Å²) < 4.78 is 9.83. The number of aromatic hydroxyl groups is 1. The van der Waals surface area contributed by atoms with Gasteiger partial charge in [0, 0.05) is 0 Å². The second-order valence-corrected chi connectivity index (χ2v) is 2.24. The van der Waals surface area contributed by atoms with Gasteiger partial charge in [-0.1, -0.05) is 0 Å². The van der Waals surface area contributed by atoms with E-state index in [1.54, 1.807) is 6.07 Å². The molecule has 0 radical (unpaired) electrons. The molecule has 0 aliphatic rings. The van der Waals surface area contributed by atoms with E-state index >= 15 is 0 Å². The Kier molecular flexibility index (Phi) is 2.28. The second kappa shape index (κ2) is 3.21. The van der Waals surface area contributed by atoms with Crippen LogP contribution in [-0.4, -0.2) is 19.3 Å². The largest absolute Gasteiger partial charge is 0.504 e. The molecular weight excluding hydrogens is 158 g/mol. The Morgan fingerprint density at radius 2 is 1.75 bits per heavy atom. The molecule has 12 heavy (non-hydrogen) atoms. The van der Waals surface area contributed by atoms with Gasteiger partial charge < -0.3 is 20.3 Å². The first-order valence-electron chi connectivity index (χ1n) is 3.40. The Morgan fingerprint density at radius 3 is 2.17 bits per heavy atom. The van der Waals surface area contributed by atoms with E-state index in [0.29, 0.717) is 11.4 Å². The highest BCUT2D eigenvalue weighted by Crippen LogP contribution is 2.40. The molecule has 0 atom stereocenters. The zero-order valence-electron chi connectivity index (χ0n) is 7.00. The van der Waals surface area contributed by atoms with Crippen molar-refractivity contribution >= 4 is 5.69 Å². The summed E-state index contributed by atoms with van der Waals surface area (Å²) in [5, 5.41) is 9.29. The third-order valence-corrected chi connectivity index (χ3v) is 1.53. The molecule has 0 aromatic heterocycles. The number of methoxy groups -OCH3 is 2. The molecule has 0 fully saturated rings. The number of benzene rings is 1. The molecule has 0 aliphatic carbocycles. The zero-order chi connectivity index (χ0) is 9.14. The van der Waals surface area contributed by atoms with Gasteiger partial charge in [-0.05, 0) is 12.1 Å². The van der Waals surface area contributed by atoms with Crippen LogP contribution in [0.2, 0.25) is 0 Å². The molecule has 0 aliphatic heterocycles. The van der Waals surface area contributed by atoms with Crippen LogP contribution in [0.5, 0.6) is 17.2 Å². The fourth-order valence-electron chi connectivity index (χ4n) is 0.975. The highest BCUT2D eigenvalue weighted by atomic mass is 16.5. The Balaban J connectivity index is 3.28. The number of phenols is 1. The number of hydrogen-bond donors (Lipinski definition) is 2. The molecule has 0 spiro atoms.